The van der Waals surface area contributed by atoms with Crippen molar-refractivity contribution in [3.63, 3.8) is 0 Å². The van der Waals surface area contributed by atoms with Crippen molar-refractivity contribution in [2.24, 2.45) is 0 Å². The molecule has 83 heavy (non-hydrogen) atoms. The number of rotatable bonds is 3. The molecule has 6 aromatic rings. The maximum absolute atomic E-state index is 12.1. The molecule has 3 saturated heterocycles. The summed E-state index contributed by atoms with van der Waals surface area (Å²) in [6.07, 6.45) is 15.4. The Hall–Kier alpha value is -4.98. The van der Waals surface area contributed by atoms with Crippen molar-refractivity contribution < 1.29 is 24.0 Å². The van der Waals surface area contributed by atoms with Gasteiger partial charge in [-0.15, -0.1) is 0 Å². The molecule has 3 aromatic heterocycles. The standard InChI is InChI=1S/C22H21BrClN3O4.C22H22BrClN2O2.C19H17Br2ClN2/c1-2-31-22(28)26-7-5-13(6-8-26)20-17-11-19(27(29)30)18(24)10-14(17)3-4-15-9-16(23)12-25-21(15)20;1-2-28-22(27)26-9-7-14(8-10-26)20-19-6-5-18(24)12-15(19)3-4-16-11-17(23)13-25-21(16)20;20-14-7-13-2-1-12-8-15(22)9-16(21)17(12)18(19(13)24-10-14)11-3-5-23-6-4-11/h9-12H,2-8H2,1H3;5-6,11-13H,2-4,7-10H2,1H3;7-10,23H,1-6H2. The van der Waals surface area contributed by atoms with Crippen LogP contribution in [0.3, 0.4) is 0 Å². The molecule has 0 unspecified atom stereocenters. The minimum absolute atomic E-state index is 0.108. The molecule has 0 bridgehead atoms. The van der Waals surface area contributed by atoms with Gasteiger partial charge >= 0.3 is 12.2 Å². The lowest BCUT2D eigenvalue weighted by Crippen LogP contribution is -2.37. The van der Waals surface area contributed by atoms with E-state index in [4.69, 9.17) is 59.2 Å². The van der Waals surface area contributed by atoms with Crippen molar-refractivity contribution in [2.45, 2.75) is 90.9 Å². The van der Waals surface area contributed by atoms with Gasteiger partial charge in [-0.25, -0.2) is 9.59 Å². The highest BCUT2D eigenvalue weighted by Gasteiger charge is 2.32. The fourth-order valence-corrected chi connectivity index (χ4v) is 14.7. The minimum Gasteiger partial charge on any atom is -0.450 e. The molecular weight excluding hydrogens is 1380 g/mol. The number of piperidine rings is 3. The summed E-state index contributed by atoms with van der Waals surface area (Å²) in [7, 11) is 0. The molecule has 20 heteroatoms. The lowest BCUT2D eigenvalue weighted by Gasteiger charge is -2.29. The molecule has 3 aromatic carbocycles. The molecule has 2 amide bonds. The van der Waals surface area contributed by atoms with Gasteiger partial charge in [0.15, 0.2) is 0 Å². The van der Waals surface area contributed by atoms with E-state index < -0.39 is 4.92 Å². The van der Waals surface area contributed by atoms with Crippen LogP contribution >= 0.6 is 98.5 Å². The normalized spacial score (nSPS) is 16.4. The number of nitro benzene ring substituents is 1. The Balaban J connectivity index is 0.000000140. The van der Waals surface area contributed by atoms with E-state index in [9.17, 15) is 19.7 Å². The van der Waals surface area contributed by atoms with Crippen LogP contribution in [0.25, 0.3) is 16.7 Å². The predicted octanol–water partition coefficient (Wildman–Crippen LogP) is 16.8. The van der Waals surface area contributed by atoms with Gasteiger partial charge in [0.25, 0.3) is 5.69 Å². The third-order valence-corrected chi connectivity index (χ3v) is 18.6. The van der Waals surface area contributed by atoms with E-state index in [0.29, 0.717) is 58.7 Å². The first-order valence-corrected chi connectivity index (χ1v) is 32.3. The Morgan fingerprint density at radius 3 is 1.47 bits per heavy atom. The summed E-state index contributed by atoms with van der Waals surface area (Å²) < 4.78 is 14.3. The lowest BCUT2D eigenvalue weighted by atomic mass is 9.88. The molecule has 13 nitrogen and oxygen atoms in total. The van der Waals surface area contributed by atoms with Gasteiger partial charge in [0.05, 0.1) is 35.2 Å². The molecule has 0 spiro atoms. The van der Waals surface area contributed by atoms with E-state index in [-0.39, 0.29) is 22.9 Å². The van der Waals surface area contributed by atoms with Crippen LogP contribution in [0.15, 0.2) is 114 Å². The van der Waals surface area contributed by atoms with Crippen LogP contribution in [0.5, 0.6) is 0 Å². The number of benzene rings is 3. The largest absolute Gasteiger partial charge is 0.450 e. The number of carbonyl (C=O) groups excluding carboxylic acids is 2. The fourth-order valence-electron chi connectivity index (χ4n) is 12.1. The third-order valence-electron chi connectivity index (χ3n) is 15.9. The zero-order chi connectivity index (χ0) is 58.5. The van der Waals surface area contributed by atoms with E-state index >= 15 is 0 Å². The molecule has 432 valence electrons. The number of carbonyl (C=O) groups is 2. The van der Waals surface area contributed by atoms with Crippen LogP contribution in [-0.2, 0) is 48.0 Å². The average molecular weight is 1440 g/mol. The van der Waals surface area contributed by atoms with Crippen LogP contribution in [0.1, 0.15) is 120 Å². The highest BCUT2D eigenvalue weighted by Crippen LogP contribution is 2.45. The van der Waals surface area contributed by atoms with Gasteiger partial charge in [0.1, 0.15) is 5.02 Å². The topological polar surface area (TPSA) is 153 Å². The zero-order valence-corrected chi connectivity index (χ0v) is 54.5. The zero-order valence-electron chi connectivity index (χ0n) is 45.9. The Morgan fingerprint density at radius 1 is 0.542 bits per heavy atom. The molecule has 3 fully saturated rings. The summed E-state index contributed by atoms with van der Waals surface area (Å²) >= 11 is 33.2. The molecule has 0 saturated carbocycles. The number of likely N-dealkylation sites (tertiary alicyclic amines) is 2. The van der Waals surface area contributed by atoms with E-state index in [1.165, 1.54) is 55.7 Å². The number of pyridine rings is 3. The first-order valence-electron chi connectivity index (χ1n) is 28.0. The molecular formula is C63H60Br4Cl3N7O6. The average Bonchev–Trinajstić information content (AvgIpc) is 2.87. The number of nitrogens with zero attached hydrogens (tertiary/aromatic N) is 6. The van der Waals surface area contributed by atoms with E-state index in [0.717, 1.165) is 144 Å². The second-order valence-corrected chi connectivity index (χ2v) is 25.9. The van der Waals surface area contributed by atoms with Crippen LogP contribution in [-0.4, -0.2) is 94.3 Å². The van der Waals surface area contributed by atoms with Crippen molar-refractivity contribution in [3.8, 4) is 0 Å². The summed E-state index contributed by atoms with van der Waals surface area (Å²) in [6, 6.07) is 20.0. The maximum Gasteiger partial charge on any atom is 0.409 e. The number of ether oxygens (including phenoxy) is 2. The van der Waals surface area contributed by atoms with E-state index in [1.807, 2.05) is 31.5 Å². The minimum atomic E-state index is -0.449. The van der Waals surface area contributed by atoms with E-state index in [1.54, 1.807) is 35.1 Å². The first-order chi connectivity index (χ1) is 40.1. The highest BCUT2D eigenvalue weighted by molar-refractivity contribution is 9.11. The van der Waals surface area contributed by atoms with E-state index in [2.05, 4.69) is 105 Å². The SMILES string of the molecule is CCOC(=O)N1CCC(=C2c3cc([N+](=O)[O-])c(Cl)cc3CCc3cc(Br)cnc32)CC1.CCOC(=O)N1CCC(=C2c3ccc(Cl)cc3CCc3cc(Br)cnc32)CC1.Clc1cc(Br)c2c(c1)CCc1cc(Br)cnc1C2=C1CCNCC1. The molecule has 3 aliphatic carbocycles. The van der Waals surface area contributed by atoms with Crippen molar-refractivity contribution >= 4 is 133 Å². The molecule has 0 atom stereocenters. The second kappa shape index (κ2) is 27.6. The number of fused-ring (bicyclic) bond motifs is 6. The summed E-state index contributed by atoms with van der Waals surface area (Å²) in [5.41, 5.74) is 20.9. The number of amides is 2. The summed E-state index contributed by atoms with van der Waals surface area (Å²) in [4.78, 5) is 53.1. The predicted molar refractivity (Wildman–Crippen MR) is 343 cm³/mol. The number of aryl methyl sites for hydroxylation is 6. The second-order valence-electron chi connectivity index (χ2n) is 21.0. The Morgan fingerprint density at radius 2 is 0.976 bits per heavy atom. The number of nitrogens with one attached hydrogen (secondary N) is 1. The van der Waals surface area contributed by atoms with Gasteiger partial charge in [-0.2, -0.15) is 0 Å². The lowest BCUT2D eigenvalue weighted by molar-refractivity contribution is -0.384. The Kier molecular flexibility index (Phi) is 20.3. The highest BCUT2D eigenvalue weighted by atomic mass is 79.9. The van der Waals surface area contributed by atoms with Gasteiger partial charge in [-0.1, -0.05) is 73.5 Å². The number of hydrogen-bond donors (Lipinski definition) is 1. The van der Waals surface area contributed by atoms with Gasteiger partial charge in [0.2, 0.25) is 0 Å². The third kappa shape index (κ3) is 14.0. The van der Waals surface area contributed by atoms with Gasteiger partial charge in [-0.3, -0.25) is 25.1 Å². The molecule has 1 N–H and O–H groups in total. The first kappa shape index (κ1) is 61.1. The monoisotopic (exact) mass is 1430 g/mol. The molecule has 12 rings (SSSR count). The number of aromatic nitrogens is 3. The summed E-state index contributed by atoms with van der Waals surface area (Å²) in [6.45, 7) is 8.86. The van der Waals surface area contributed by atoms with Crippen molar-refractivity contribution in [2.75, 3.05) is 52.5 Å². The summed E-state index contributed by atoms with van der Waals surface area (Å²) in [5.74, 6) is 0. The van der Waals surface area contributed by atoms with Gasteiger partial charge < -0.3 is 24.6 Å². The number of hydrogen-bond acceptors (Lipinski definition) is 10. The fraction of sp³-hybridized carbons (Fsp3) is 0.349. The number of halogens is 7. The van der Waals surface area contributed by atoms with Gasteiger partial charge in [0, 0.05) is 101 Å². The van der Waals surface area contributed by atoms with Crippen LogP contribution < -0.4 is 5.32 Å². The molecule has 3 aliphatic heterocycles. The van der Waals surface area contributed by atoms with Crippen molar-refractivity contribution in [1.29, 1.82) is 0 Å². The van der Waals surface area contributed by atoms with Crippen LogP contribution in [0.4, 0.5) is 15.3 Å². The molecule has 6 heterocycles. The van der Waals surface area contributed by atoms with Crippen molar-refractivity contribution in [3.05, 3.63) is 206 Å². The molecule has 0 radical (unpaired) electrons. The van der Waals surface area contributed by atoms with Crippen LogP contribution in [0.2, 0.25) is 15.1 Å². The molecule has 6 aliphatic rings. The smallest absolute Gasteiger partial charge is 0.409 e. The Labute approximate surface area is 532 Å². The number of nitro groups is 1. The summed E-state index contributed by atoms with van der Waals surface area (Å²) in [5, 5.41) is 16.7. The quantitative estimate of drug-likeness (QED) is 0.134. The van der Waals surface area contributed by atoms with Crippen LogP contribution in [0, 0.1) is 10.1 Å². The van der Waals surface area contributed by atoms with Gasteiger partial charge in [-0.05, 0) is 245 Å². The van der Waals surface area contributed by atoms with Crippen molar-refractivity contribution in [1.82, 2.24) is 30.1 Å². The maximum atomic E-state index is 12.1. The Bertz CT molecular complexity index is 3570.